The number of aromatic nitrogens is 2. The third kappa shape index (κ3) is 2.54. The average molecular weight is 334 g/mol. The molecule has 0 aliphatic heterocycles. The highest BCUT2D eigenvalue weighted by Gasteiger charge is 2.09. The van der Waals surface area contributed by atoms with Crippen LogP contribution in [0.5, 0.6) is 0 Å². The van der Waals surface area contributed by atoms with Crippen molar-refractivity contribution in [1.82, 2.24) is 9.55 Å². The second kappa shape index (κ2) is 5.07. The van der Waals surface area contributed by atoms with Gasteiger partial charge < -0.3 is 0 Å². The van der Waals surface area contributed by atoms with E-state index in [0.717, 1.165) is 4.57 Å². The maximum absolute atomic E-state index is 13.6. The highest BCUT2D eigenvalue weighted by atomic mass is 79.9. The maximum Gasteiger partial charge on any atom is 0.328 e. The average Bonchev–Trinajstić information content (AvgIpc) is 2.30. The fraction of sp³-hybridized carbons (Fsp3) is 0.0909. The molecule has 1 heterocycles. The van der Waals surface area contributed by atoms with Gasteiger partial charge in [0.1, 0.15) is 10.8 Å². The number of H-pyrrole nitrogens is 1. The molecule has 0 saturated heterocycles. The highest BCUT2D eigenvalue weighted by molar-refractivity contribution is 9.10. The Bertz CT molecular complexity index is 691. The number of rotatable bonds is 2. The summed E-state index contributed by atoms with van der Waals surface area (Å²) in [6.45, 7) is -0.0252. The molecule has 4 nitrogen and oxygen atoms in total. The SMILES string of the molecule is O=c1[nH]c(=O)n(Cc2c(F)cccc2Br)cc1Cl. The molecule has 0 spiro atoms. The number of aromatic amines is 1. The van der Waals surface area contributed by atoms with Crippen molar-refractivity contribution in [3.63, 3.8) is 0 Å². The first-order valence-electron chi connectivity index (χ1n) is 4.91. The van der Waals surface area contributed by atoms with Gasteiger partial charge in [0.2, 0.25) is 0 Å². The Morgan fingerprint density at radius 2 is 2.11 bits per heavy atom. The molecule has 2 rings (SSSR count). The van der Waals surface area contributed by atoms with Gasteiger partial charge >= 0.3 is 5.69 Å². The molecular weight excluding hydrogens is 326 g/mol. The van der Waals surface area contributed by atoms with E-state index < -0.39 is 17.1 Å². The molecule has 0 atom stereocenters. The van der Waals surface area contributed by atoms with Crippen molar-refractivity contribution in [2.24, 2.45) is 0 Å². The summed E-state index contributed by atoms with van der Waals surface area (Å²) in [6.07, 6.45) is 1.18. The van der Waals surface area contributed by atoms with E-state index in [4.69, 9.17) is 11.6 Å². The Morgan fingerprint density at radius 1 is 1.39 bits per heavy atom. The molecule has 1 aromatic heterocycles. The Balaban J connectivity index is 2.50. The van der Waals surface area contributed by atoms with E-state index >= 15 is 0 Å². The van der Waals surface area contributed by atoms with Gasteiger partial charge in [-0.2, -0.15) is 0 Å². The van der Waals surface area contributed by atoms with E-state index in [1.165, 1.54) is 12.3 Å². The monoisotopic (exact) mass is 332 g/mol. The van der Waals surface area contributed by atoms with Gasteiger partial charge in [0.15, 0.2) is 0 Å². The summed E-state index contributed by atoms with van der Waals surface area (Å²) >= 11 is 8.82. The van der Waals surface area contributed by atoms with Crippen LogP contribution in [0, 0.1) is 5.82 Å². The molecule has 0 aliphatic rings. The van der Waals surface area contributed by atoms with E-state index in [2.05, 4.69) is 15.9 Å². The van der Waals surface area contributed by atoms with Crippen molar-refractivity contribution >= 4 is 27.5 Å². The van der Waals surface area contributed by atoms with Crippen molar-refractivity contribution in [3.05, 3.63) is 66.1 Å². The molecule has 0 aliphatic carbocycles. The van der Waals surface area contributed by atoms with Crippen LogP contribution in [0.1, 0.15) is 5.56 Å². The summed E-state index contributed by atoms with van der Waals surface area (Å²) in [6, 6.07) is 4.50. The molecule has 2 aromatic rings. The van der Waals surface area contributed by atoms with E-state index in [0.29, 0.717) is 10.0 Å². The van der Waals surface area contributed by atoms with Crippen LogP contribution in [-0.2, 0) is 6.54 Å². The fourth-order valence-electron chi connectivity index (χ4n) is 1.45. The van der Waals surface area contributed by atoms with Crippen LogP contribution in [0.3, 0.4) is 0 Å². The summed E-state index contributed by atoms with van der Waals surface area (Å²) in [7, 11) is 0. The van der Waals surface area contributed by atoms with Crippen molar-refractivity contribution < 1.29 is 4.39 Å². The third-order valence-electron chi connectivity index (χ3n) is 2.36. The van der Waals surface area contributed by atoms with Crippen LogP contribution in [0.25, 0.3) is 0 Å². The van der Waals surface area contributed by atoms with Gasteiger partial charge in [0.05, 0.1) is 6.54 Å². The van der Waals surface area contributed by atoms with Gasteiger partial charge in [0, 0.05) is 16.2 Å². The van der Waals surface area contributed by atoms with Gasteiger partial charge in [-0.1, -0.05) is 33.6 Å². The number of halogens is 3. The maximum atomic E-state index is 13.6. The Hall–Kier alpha value is -1.40. The first kappa shape index (κ1) is 13.0. The number of hydrogen-bond donors (Lipinski definition) is 1. The fourth-order valence-corrected chi connectivity index (χ4v) is 2.09. The minimum atomic E-state index is -0.662. The largest absolute Gasteiger partial charge is 0.328 e. The standard InChI is InChI=1S/C11H7BrClFN2O2/c12-7-2-1-3-9(14)6(7)4-16-5-8(13)10(17)15-11(16)18/h1-3,5H,4H2,(H,15,17,18). The zero-order valence-corrected chi connectivity index (χ0v) is 11.3. The van der Waals surface area contributed by atoms with E-state index in [-0.39, 0.29) is 11.6 Å². The topological polar surface area (TPSA) is 54.9 Å². The van der Waals surface area contributed by atoms with Crippen LogP contribution < -0.4 is 11.2 Å². The number of nitrogens with one attached hydrogen (secondary N) is 1. The molecule has 0 saturated carbocycles. The molecule has 1 N–H and O–H groups in total. The van der Waals surface area contributed by atoms with Gasteiger partial charge in [-0.25, -0.2) is 9.18 Å². The van der Waals surface area contributed by atoms with E-state index in [1.807, 2.05) is 4.98 Å². The molecule has 0 fully saturated rings. The highest BCUT2D eigenvalue weighted by Crippen LogP contribution is 2.20. The van der Waals surface area contributed by atoms with Crippen LogP contribution in [0.2, 0.25) is 5.02 Å². The molecule has 94 valence electrons. The first-order chi connectivity index (χ1) is 8.49. The Kier molecular flexibility index (Phi) is 3.68. The second-order valence-electron chi connectivity index (χ2n) is 3.56. The molecule has 18 heavy (non-hydrogen) atoms. The lowest BCUT2D eigenvalue weighted by Gasteiger charge is -2.08. The molecule has 7 heteroatoms. The first-order valence-corrected chi connectivity index (χ1v) is 6.08. The summed E-state index contributed by atoms with van der Waals surface area (Å²) in [5.41, 5.74) is -0.993. The summed E-state index contributed by atoms with van der Waals surface area (Å²) < 4.78 is 15.3. The molecular formula is C11H7BrClFN2O2. The summed E-state index contributed by atoms with van der Waals surface area (Å²) in [5.74, 6) is -0.446. The minimum absolute atomic E-state index is 0.0252. The van der Waals surface area contributed by atoms with Crippen LogP contribution in [0.15, 0.2) is 38.5 Å². The van der Waals surface area contributed by atoms with E-state index in [9.17, 15) is 14.0 Å². The summed E-state index contributed by atoms with van der Waals surface area (Å²) in [5, 5.41) is -0.123. The quantitative estimate of drug-likeness (QED) is 0.915. The zero-order chi connectivity index (χ0) is 13.3. The summed E-state index contributed by atoms with van der Waals surface area (Å²) in [4.78, 5) is 24.7. The molecule has 0 radical (unpaired) electrons. The van der Waals surface area contributed by atoms with Crippen molar-refractivity contribution in [2.45, 2.75) is 6.54 Å². The van der Waals surface area contributed by atoms with Gasteiger partial charge in [-0.05, 0) is 12.1 Å². The lowest BCUT2D eigenvalue weighted by atomic mass is 10.2. The van der Waals surface area contributed by atoms with Crippen LogP contribution in [-0.4, -0.2) is 9.55 Å². The van der Waals surface area contributed by atoms with E-state index in [1.54, 1.807) is 12.1 Å². The normalized spacial score (nSPS) is 10.6. The van der Waals surface area contributed by atoms with Crippen molar-refractivity contribution in [2.75, 3.05) is 0 Å². The number of benzene rings is 1. The van der Waals surface area contributed by atoms with Crippen LogP contribution >= 0.6 is 27.5 Å². The lowest BCUT2D eigenvalue weighted by molar-refractivity contribution is 0.591. The number of nitrogens with zero attached hydrogens (tertiary/aromatic N) is 1. The predicted octanol–water partition coefficient (Wildman–Crippen LogP) is 2.14. The number of hydrogen-bond acceptors (Lipinski definition) is 2. The van der Waals surface area contributed by atoms with Crippen molar-refractivity contribution in [1.29, 1.82) is 0 Å². The molecule has 0 bridgehead atoms. The predicted molar refractivity (Wildman–Crippen MR) is 69.5 cm³/mol. The Morgan fingerprint density at radius 3 is 2.78 bits per heavy atom. The minimum Gasteiger partial charge on any atom is -0.295 e. The van der Waals surface area contributed by atoms with Gasteiger partial charge in [-0.3, -0.25) is 14.3 Å². The molecule has 0 unspecified atom stereocenters. The second-order valence-corrected chi connectivity index (χ2v) is 4.83. The Labute approximate surface area is 114 Å². The third-order valence-corrected chi connectivity index (χ3v) is 3.37. The smallest absolute Gasteiger partial charge is 0.295 e. The van der Waals surface area contributed by atoms with Gasteiger partial charge in [0.25, 0.3) is 5.56 Å². The van der Waals surface area contributed by atoms with Crippen LogP contribution in [0.4, 0.5) is 4.39 Å². The zero-order valence-electron chi connectivity index (χ0n) is 8.91. The molecule has 0 amide bonds. The van der Waals surface area contributed by atoms with Gasteiger partial charge in [-0.15, -0.1) is 0 Å². The van der Waals surface area contributed by atoms with Crippen molar-refractivity contribution in [3.8, 4) is 0 Å². The molecule has 1 aromatic carbocycles. The lowest BCUT2D eigenvalue weighted by Crippen LogP contribution is -2.30.